The molecular formula is C27H39N5O6S2. The Morgan fingerprint density at radius 1 is 1.18 bits per heavy atom. The molecule has 2 aromatic rings. The maximum absolute atomic E-state index is 13.5. The normalized spacial score (nSPS) is 22.1. The van der Waals surface area contributed by atoms with Crippen LogP contribution < -0.4 is 15.4 Å². The van der Waals surface area contributed by atoms with E-state index in [1.165, 1.54) is 17.4 Å². The van der Waals surface area contributed by atoms with Crippen LogP contribution in [0.5, 0.6) is 0 Å². The van der Waals surface area contributed by atoms with Crippen molar-refractivity contribution in [1.29, 1.82) is 0 Å². The number of nitrogens with one attached hydrogen (secondary N) is 3. The maximum atomic E-state index is 13.5. The van der Waals surface area contributed by atoms with Gasteiger partial charge in [0.15, 0.2) is 0 Å². The number of carboxylic acid groups (broad SMARTS) is 1. The molecule has 1 atom stereocenters. The van der Waals surface area contributed by atoms with Crippen molar-refractivity contribution in [3.63, 3.8) is 0 Å². The van der Waals surface area contributed by atoms with E-state index in [0.29, 0.717) is 16.1 Å². The Morgan fingerprint density at radius 3 is 2.52 bits per heavy atom. The second-order valence-electron chi connectivity index (χ2n) is 11.6. The molecule has 1 aromatic heterocycles. The number of likely N-dealkylation sites (tertiary alicyclic amines) is 1. The van der Waals surface area contributed by atoms with Gasteiger partial charge in [0.2, 0.25) is 10.0 Å². The lowest BCUT2D eigenvalue weighted by molar-refractivity contribution is 0.127. The molecule has 220 valence electrons. The highest BCUT2D eigenvalue weighted by Crippen LogP contribution is 2.40. The number of likely N-dealkylation sites (N-methyl/N-ethyl adjacent to an activating group) is 1. The molecule has 2 fully saturated rings. The highest BCUT2D eigenvalue weighted by Gasteiger charge is 2.29. The monoisotopic (exact) mass is 593 g/mol. The summed E-state index contributed by atoms with van der Waals surface area (Å²) in [6, 6.07) is 4.93. The zero-order valence-corrected chi connectivity index (χ0v) is 25.0. The van der Waals surface area contributed by atoms with Gasteiger partial charge in [-0.1, -0.05) is 6.07 Å². The molecule has 2 heterocycles. The third-order valence-electron chi connectivity index (χ3n) is 7.23. The topological polar surface area (TPSA) is 150 Å². The first-order valence-electron chi connectivity index (χ1n) is 13.6. The van der Waals surface area contributed by atoms with Crippen LogP contribution in [0, 0.1) is 0 Å². The molecule has 1 saturated carbocycles. The van der Waals surface area contributed by atoms with Crippen LogP contribution in [0.1, 0.15) is 70.2 Å². The van der Waals surface area contributed by atoms with Gasteiger partial charge in [-0.05, 0) is 85.0 Å². The van der Waals surface area contributed by atoms with Gasteiger partial charge in [0.05, 0.1) is 14.8 Å². The molecule has 11 nitrogen and oxygen atoms in total. The Balaban J connectivity index is 1.54. The summed E-state index contributed by atoms with van der Waals surface area (Å²) >= 11 is 1.44. The van der Waals surface area contributed by atoms with Crippen molar-refractivity contribution >= 4 is 39.2 Å². The van der Waals surface area contributed by atoms with E-state index < -0.39 is 27.7 Å². The standard InChI is InChI=1S/C27H39N5O6S2/c1-27(2,3)31-40(36,37)23-14-19(30-26(35)38-16-20-6-5-13-32(20)4)11-12-21(23)22-15-28-24(39-22)17-7-9-18(10-8-17)29-25(33)34/h11-12,14-15,17-18,20,29,31H,5-10,13,16H2,1-4H3,(H,30,35)(H,33,34)/t17?,18?,20-/m0/s1. The molecule has 4 rings (SSSR count). The van der Waals surface area contributed by atoms with Crippen molar-refractivity contribution in [2.45, 2.75) is 87.7 Å². The number of thiazole rings is 1. The lowest BCUT2D eigenvalue weighted by Crippen LogP contribution is -2.40. The highest BCUT2D eigenvalue weighted by molar-refractivity contribution is 7.89. The van der Waals surface area contributed by atoms with Crippen LogP contribution in [0.15, 0.2) is 29.3 Å². The van der Waals surface area contributed by atoms with Gasteiger partial charge in [-0.3, -0.25) is 5.32 Å². The van der Waals surface area contributed by atoms with Gasteiger partial charge in [-0.15, -0.1) is 11.3 Å². The molecule has 2 amide bonds. The third kappa shape index (κ3) is 7.93. The van der Waals surface area contributed by atoms with Gasteiger partial charge in [0.25, 0.3) is 0 Å². The second-order valence-corrected chi connectivity index (χ2v) is 14.3. The first kappa shape index (κ1) is 30.2. The van der Waals surface area contributed by atoms with E-state index in [0.717, 1.165) is 50.1 Å². The van der Waals surface area contributed by atoms with Crippen LogP contribution in [0.4, 0.5) is 15.3 Å². The second kappa shape index (κ2) is 12.4. The first-order valence-corrected chi connectivity index (χ1v) is 15.9. The van der Waals surface area contributed by atoms with Crippen LogP contribution in [0.25, 0.3) is 10.4 Å². The van der Waals surface area contributed by atoms with Crippen LogP contribution >= 0.6 is 11.3 Å². The summed E-state index contributed by atoms with van der Waals surface area (Å²) in [6.07, 6.45) is 5.15. The van der Waals surface area contributed by atoms with E-state index in [-0.39, 0.29) is 29.5 Å². The van der Waals surface area contributed by atoms with Crippen LogP contribution in [-0.4, -0.2) is 73.4 Å². The number of amides is 2. The average Bonchev–Trinajstić information content (AvgIpc) is 3.51. The Morgan fingerprint density at radius 2 is 1.90 bits per heavy atom. The molecule has 0 radical (unpaired) electrons. The minimum absolute atomic E-state index is 0.0420. The fourth-order valence-electron chi connectivity index (χ4n) is 5.26. The number of hydrogen-bond donors (Lipinski definition) is 4. The van der Waals surface area contributed by atoms with Gasteiger partial charge < -0.3 is 20.1 Å². The average molecular weight is 594 g/mol. The Kier molecular flexibility index (Phi) is 9.38. The summed E-state index contributed by atoms with van der Waals surface area (Å²) in [7, 11) is -1.95. The number of carbonyl (C=O) groups excluding carboxylic acids is 1. The highest BCUT2D eigenvalue weighted by atomic mass is 32.2. The Bertz CT molecular complexity index is 1310. The minimum atomic E-state index is -3.96. The molecule has 4 N–H and O–H groups in total. The van der Waals surface area contributed by atoms with E-state index in [1.54, 1.807) is 39.1 Å². The van der Waals surface area contributed by atoms with Crippen LogP contribution in [0.3, 0.4) is 0 Å². The van der Waals surface area contributed by atoms with Crippen molar-refractivity contribution in [2.75, 3.05) is 25.5 Å². The maximum Gasteiger partial charge on any atom is 0.411 e. The van der Waals surface area contributed by atoms with Gasteiger partial charge in [-0.2, -0.15) is 0 Å². The molecule has 1 saturated heterocycles. The minimum Gasteiger partial charge on any atom is -0.465 e. The zero-order valence-electron chi connectivity index (χ0n) is 23.4. The number of nitrogens with zero attached hydrogens (tertiary/aromatic N) is 2. The summed E-state index contributed by atoms with van der Waals surface area (Å²) in [4.78, 5) is 31.0. The van der Waals surface area contributed by atoms with E-state index in [1.807, 2.05) is 7.05 Å². The number of carbonyl (C=O) groups is 2. The molecule has 0 bridgehead atoms. The lowest BCUT2D eigenvalue weighted by atomic mass is 9.86. The number of hydrogen-bond acceptors (Lipinski definition) is 8. The predicted octanol–water partition coefficient (Wildman–Crippen LogP) is 4.82. The zero-order chi connectivity index (χ0) is 29.1. The third-order valence-corrected chi connectivity index (χ3v) is 10.2. The first-order chi connectivity index (χ1) is 18.8. The number of rotatable bonds is 8. The lowest BCUT2D eigenvalue weighted by Gasteiger charge is -2.27. The quantitative estimate of drug-likeness (QED) is 0.340. The number of ether oxygens (including phenoxy) is 1. The van der Waals surface area contributed by atoms with Crippen molar-refractivity contribution in [2.24, 2.45) is 0 Å². The molecule has 0 unspecified atom stereocenters. The van der Waals surface area contributed by atoms with E-state index in [4.69, 9.17) is 9.84 Å². The SMILES string of the molecule is CN1CCC[C@H]1COC(=O)Nc1ccc(-c2cnc(C3CCC(NC(=O)O)CC3)s2)c(S(=O)(=O)NC(C)(C)C)c1. The number of sulfonamides is 1. The molecule has 1 aliphatic carbocycles. The van der Waals surface area contributed by atoms with Crippen LogP contribution in [-0.2, 0) is 14.8 Å². The van der Waals surface area contributed by atoms with Gasteiger partial charge >= 0.3 is 12.2 Å². The summed E-state index contributed by atoms with van der Waals surface area (Å²) in [5.41, 5.74) is 0.0952. The molecule has 1 aliphatic heterocycles. The van der Waals surface area contributed by atoms with Crippen molar-refractivity contribution < 1.29 is 27.9 Å². The van der Waals surface area contributed by atoms with Crippen molar-refractivity contribution in [3.05, 3.63) is 29.4 Å². The molecular weight excluding hydrogens is 554 g/mol. The van der Waals surface area contributed by atoms with E-state index >= 15 is 0 Å². The number of benzene rings is 1. The van der Waals surface area contributed by atoms with Gasteiger partial charge in [0, 0.05) is 41.0 Å². The van der Waals surface area contributed by atoms with E-state index in [9.17, 15) is 18.0 Å². The smallest absolute Gasteiger partial charge is 0.411 e. The summed E-state index contributed by atoms with van der Waals surface area (Å²) in [6.45, 7) is 6.55. The van der Waals surface area contributed by atoms with E-state index in [2.05, 4.69) is 25.2 Å². The fourth-order valence-corrected chi connectivity index (χ4v) is 8.12. The van der Waals surface area contributed by atoms with Crippen LogP contribution in [0.2, 0.25) is 0 Å². The Labute approximate surface area is 239 Å². The largest absolute Gasteiger partial charge is 0.465 e. The summed E-state index contributed by atoms with van der Waals surface area (Å²) in [5, 5.41) is 15.1. The number of anilines is 1. The molecule has 13 heteroatoms. The van der Waals surface area contributed by atoms with Crippen molar-refractivity contribution in [1.82, 2.24) is 19.9 Å². The summed E-state index contributed by atoms with van der Waals surface area (Å²) < 4.78 is 35.2. The Hall–Kier alpha value is -2.74. The molecule has 0 spiro atoms. The fraction of sp³-hybridized carbons (Fsp3) is 0.593. The van der Waals surface area contributed by atoms with Gasteiger partial charge in [-0.25, -0.2) is 27.7 Å². The molecule has 1 aromatic carbocycles. The molecule has 40 heavy (non-hydrogen) atoms. The molecule has 2 aliphatic rings. The number of aromatic nitrogens is 1. The van der Waals surface area contributed by atoms with Crippen molar-refractivity contribution in [3.8, 4) is 10.4 Å². The predicted molar refractivity (Wildman–Crippen MR) is 154 cm³/mol. The van der Waals surface area contributed by atoms with Gasteiger partial charge in [0.1, 0.15) is 6.61 Å². The summed E-state index contributed by atoms with van der Waals surface area (Å²) in [5.74, 6) is 0.188.